The van der Waals surface area contributed by atoms with Crippen LogP contribution in [0.25, 0.3) is 0 Å². The SMILES string of the molecule is COc1ccc(Br)cc1C1SCCN1S(=O)(=O)c1cc([N+](=O)[O-])ccc1C. The summed E-state index contributed by atoms with van der Waals surface area (Å²) in [6.07, 6.45) is 0. The van der Waals surface area contributed by atoms with E-state index in [0.29, 0.717) is 23.6 Å². The minimum Gasteiger partial charge on any atom is -0.496 e. The van der Waals surface area contributed by atoms with E-state index < -0.39 is 20.3 Å². The van der Waals surface area contributed by atoms with E-state index in [-0.39, 0.29) is 10.6 Å². The van der Waals surface area contributed by atoms with Crippen LogP contribution in [0.15, 0.2) is 45.8 Å². The molecule has 1 heterocycles. The zero-order chi connectivity index (χ0) is 19.8. The van der Waals surface area contributed by atoms with E-state index in [2.05, 4.69) is 15.9 Å². The van der Waals surface area contributed by atoms with Crippen LogP contribution in [0, 0.1) is 17.0 Å². The van der Waals surface area contributed by atoms with Gasteiger partial charge in [-0.05, 0) is 30.7 Å². The van der Waals surface area contributed by atoms with Gasteiger partial charge >= 0.3 is 0 Å². The Morgan fingerprint density at radius 1 is 1.30 bits per heavy atom. The molecule has 0 spiro atoms. The molecule has 0 bridgehead atoms. The molecule has 144 valence electrons. The van der Waals surface area contributed by atoms with Crippen LogP contribution in [-0.4, -0.2) is 37.1 Å². The predicted molar refractivity (Wildman–Crippen MR) is 108 cm³/mol. The Morgan fingerprint density at radius 3 is 2.70 bits per heavy atom. The van der Waals surface area contributed by atoms with Crippen molar-refractivity contribution in [3.8, 4) is 5.75 Å². The summed E-state index contributed by atoms with van der Waals surface area (Å²) in [5.74, 6) is 1.21. The summed E-state index contributed by atoms with van der Waals surface area (Å²) in [4.78, 5) is 10.5. The second kappa shape index (κ2) is 7.78. The number of hydrogen-bond donors (Lipinski definition) is 0. The van der Waals surface area contributed by atoms with Crippen molar-refractivity contribution in [3.05, 3.63) is 62.1 Å². The Balaban J connectivity index is 2.08. The van der Waals surface area contributed by atoms with Crippen LogP contribution in [0.4, 0.5) is 5.69 Å². The van der Waals surface area contributed by atoms with Gasteiger partial charge in [0.05, 0.1) is 22.3 Å². The number of benzene rings is 2. The lowest BCUT2D eigenvalue weighted by Crippen LogP contribution is -2.31. The fourth-order valence-corrected chi connectivity index (χ4v) is 6.82. The molecule has 2 aromatic rings. The quantitative estimate of drug-likeness (QED) is 0.480. The van der Waals surface area contributed by atoms with Crippen molar-refractivity contribution in [3.63, 3.8) is 0 Å². The number of thioether (sulfide) groups is 1. The monoisotopic (exact) mass is 472 g/mol. The number of ether oxygens (including phenoxy) is 1. The number of aryl methyl sites for hydroxylation is 1. The van der Waals surface area contributed by atoms with Gasteiger partial charge in [0.1, 0.15) is 5.75 Å². The highest BCUT2D eigenvalue weighted by Gasteiger charge is 2.39. The molecule has 1 atom stereocenters. The zero-order valence-electron chi connectivity index (χ0n) is 14.6. The Kier molecular flexibility index (Phi) is 5.80. The Hall–Kier alpha value is -1.62. The molecular formula is C17H17BrN2O5S2. The lowest BCUT2D eigenvalue weighted by atomic mass is 10.2. The second-order valence-electron chi connectivity index (χ2n) is 5.93. The third-order valence-corrected chi connectivity index (χ3v) is 8.15. The minimum absolute atomic E-state index is 0.0434. The van der Waals surface area contributed by atoms with Crippen LogP contribution in [-0.2, 0) is 10.0 Å². The van der Waals surface area contributed by atoms with Crippen LogP contribution in [0.5, 0.6) is 5.75 Å². The first-order valence-electron chi connectivity index (χ1n) is 7.97. The van der Waals surface area contributed by atoms with E-state index in [1.165, 1.54) is 35.3 Å². The van der Waals surface area contributed by atoms with E-state index in [4.69, 9.17) is 4.74 Å². The topological polar surface area (TPSA) is 89.8 Å². The maximum atomic E-state index is 13.3. The van der Waals surface area contributed by atoms with Gasteiger partial charge in [0, 0.05) is 34.5 Å². The Morgan fingerprint density at radius 2 is 2.04 bits per heavy atom. The van der Waals surface area contributed by atoms with Crippen molar-refractivity contribution in [1.29, 1.82) is 0 Å². The van der Waals surface area contributed by atoms with Gasteiger partial charge in [-0.25, -0.2) is 8.42 Å². The maximum absolute atomic E-state index is 13.3. The first kappa shape index (κ1) is 20.1. The first-order valence-corrected chi connectivity index (χ1v) is 11.3. The normalized spacial score (nSPS) is 17.8. The number of sulfonamides is 1. The fraction of sp³-hybridized carbons (Fsp3) is 0.294. The molecule has 27 heavy (non-hydrogen) atoms. The van der Waals surface area contributed by atoms with Crippen molar-refractivity contribution in [2.24, 2.45) is 0 Å². The molecule has 10 heteroatoms. The van der Waals surface area contributed by atoms with Crippen LogP contribution >= 0.6 is 27.7 Å². The third-order valence-electron chi connectivity index (χ3n) is 4.28. The minimum atomic E-state index is -3.92. The van der Waals surface area contributed by atoms with Gasteiger partial charge in [-0.1, -0.05) is 22.0 Å². The summed E-state index contributed by atoms with van der Waals surface area (Å²) in [6, 6.07) is 9.34. The summed E-state index contributed by atoms with van der Waals surface area (Å²) in [5, 5.41) is 10.6. The molecule has 3 rings (SSSR count). The molecule has 1 aliphatic rings. The molecular weight excluding hydrogens is 456 g/mol. The molecule has 0 aromatic heterocycles. The van der Waals surface area contributed by atoms with E-state index in [0.717, 1.165) is 16.1 Å². The van der Waals surface area contributed by atoms with E-state index in [1.54, 1.807) is 13.0 Å². The van der Waals surface area contributed by atoms with Gasteiger partial charge < -0.3 is 4.74 Å². The summed E-state index contributed by atoms with van der Waals surface area (Å²) in [5.41, 5.74) is 0.959. The molecule has 2 aromatic carbocycles. The molecule has 1 aliphatic heterocycles. The summed E-state index contributed by atoms with van der Waals surface area (Å²) in [6.45, 7) is 1.95. The number of rotatable bonds is 5. The lowest BCUT2D eigenvalue weighted by Gasteiger charge is -2.25. The number of methoxy groups -OCH3 is 1. The molecule has 1 saturated heterocycles. The van der Waals surface area contributed by atoms with Gasteiger partial charge in [0.15, 0.2) is 0 Å². The number of hydrogen-bond acceptors (Lipinski definition) is 6. The second-order valence-corrected chi connectivity index (χ2v) is 9.89. The fourth-order valence-electron chi connectivity index (χ4n) is 2.95. The van der Waals surface area contributed by atoms with Gasteiger partial charge in [0.2, 0.25) is 10.0 Å². The summed E-state index contributed by atoms with van der Waals surface area (Å²) in [7, 11) is -2.39. The maximum Gasteiger partial charge on any atom is 0.270 e. The van der Waals surface area contributed by atoms with Gasteiger partial charge in [-0.3, -0.25) is 10.1 Å². The van der Waals surface area contributed by atoms with Crippen LogP contribution in [0.3, 0.4) is 0 Å². The van der Waals surface area contributed by atoms with Crippen molar-refractivity contribution in [1.82, 2.24) is 4.31 Å². The van der Waals surface area contributed by atoms with E-state index in [9.17, 15) is 18.5 Å². The molecule has 1 fully saturated rings. The predicted octanol–water partition coefficient (Wildman–Crippen LogP) is 4.11. The number of nitro groups is 1. The van der Waals surface area contributed by atoms with Crippen LogP contribution in [0.2, 0.25) is 0 Å². The number of nitrogens with zero attached hydrogens (tertiary/aromatic N) is 2. The summed E-state index contributed by atoms with van der Waals surface area (Å²) < 4.78 is 34.3. The molecule has 7 nitrogen and oxygen atoms in total. The van der Waals surface area contributed by atoms with Crippen molar-refractivity contribution in [2.75, 3.05) is 19.4 Å². The highest BCUT2D eigenvalue weighted by Crippen LogP contribution is 2.45. The standard InChI is InChI=1S/C17H17BrN2O5S2/c1-11-3-5-13(20(21)22)10-16(11)27(23,24)19-7-8-26-17(19)14-9-12(18)4-6-15(14)25-2/h3-6,9-10,17H,7-8H2,1-2H3. The highest BCUT2D eigenvalue weighted by molar-refractivity contribution is 9.10. The number of nitro benzene ring substituents is 1. The Labute approximate surface area is 170 Å². The molecule has 0 N–H and O–H groups in total. The van der Waals surface area contributed by atoms with Crippen LogP contribution < -0.4 is 4.74 Å². The molecule has 0 aliphatic carbocycles. The highest BCUT2D eigenvalue weighted by atomic mass is 79.9. The lowest BCUT2D eigenvalue weighted by molar-refractivity contribution is -0.385. The van der Waals surface area contributed by atoms with E-state index in [1.807, 2.05) is 12.1 Å². The summed E-state index contributed by atoms with van der Waals surface area (Å²) >= 11 is 4.91. The average molecular weight is 473 g/mol. The van der Waals surface area contributed by atoms with Crippen molar-refractivity contribution < 1.29 is 18.1 Å². The molecule has 0 saturated carbocycles. The van der Waals surface area contributed by atoms with E-state index >= 15 is 0 Å². The Bertz CT molecular complexity index is 997. The third kappa shape index (κ3) is 3.84. The molecule has 1 unspecified atom stereocenters. The number of non-ortho nitro benzene ring substituents is 1. The first-order chi connectivity index (χ1) is 12.8. The number of halogens is 1. The largest absolute Gasteiger partial charge is 0.496 e. The van der Waals surface area contributed by atoms with Gasteiger partial charge in [-0.15, -0.1) is 11.8 Å². The van der Waals surface area contributed by atoms with Gasteiger partial charge in [-0.2, -0.15) is 4.31 Å². The van der Waals surface area contributed by atoms with Crippen molar-refractivity contribution in [2.45, 2.75) is 17.2 Å². The molecule has 0 radical (unpaired) electrons. The zero-order valence-corrected chi connectivity index (χ0v) is 17.8. The van der Waals surface area contributed by atoms with Gasteiger partial charge in [0.25, 0.3) is 5.69 Å². The molecule has 0 amide bonds. The average Bonchev–Trinajstić information content (AvgIpc) is 3.12. The van der Waals surface area contributed by atoms with Crippen molar-refractivity contribution >= 4 is 43.4 Å². The van der Waals surface area contributed by atoms with Crippen LogP contribution in [0.1, 0.15) is 16.5 Å². The smallest absolute Gasteiger partial charge is 0.270 e.